The third-order valence-corrected chi connectivity index (χ3v) is 6.63. The molecule has 1 fully saturated rings. The smallest absolute Gasteiger partial charge is 0.307 e. The van der Waals surface area contributed by atoms with Crippen LogP contribution in [0.5, 0.6) is 5.75 Å². The van der Waals surface area contributed by atoms with Crippen LogP contribution >= 0.6 is 0 Å². The van der Waals surface area contributed by atoms with Crippen molar-refractivity contribution in [1.29, 1.82) is 0 Å². The van der Waals surface area contributed by atoms with E-state index in [0.29, 0.717) is 31.5 Å². The molecule has 2 aromatic carbocycles. The zero-order valence-corrected chi connectivity index (χ0v) is 19.9. The van der Waals surface area contributed by atoms with E-state index in [1.54, 1.807) is 0 Å². The van der Waals surface area contributed by atoms with E-state index < -0.39 is 0 Å². The molecule has 0 bridgehead atoms. The lowest BCUT2D eigenvalue weighted by atomic mass is 9.72. The largest absolute Gasteiger partial charge is 0.490 e. The lowest BCUT2D eigenvalue weighted by molar-refractivity contribution is -0.142. The molecular formula is C27H39NO3. The van der Waals surface area contributed by atoms with E-state index in [9.17, 15) is 4.79 Å². The molecule has 0 atom stereocenters. The first-order chi connectivity index (χ1) is 14.8. The van der Waals surface area contributed by atoms with E-state index in [4.69, 9.17) is 9.47 Å². The van der Waals surface area contributed by atoms with Crippen LogP contribution in [-0.2, 0) is 16.1 Å². The lowest BCUT2D eigenvalue weighted by Gasteiger charge is -2.37. The van der Waals surface area contributed by atoms with Crippen molar-refractivity contribution in [2.24, 2.45) is 11.3 Å². The minimum absolute atomic E-state index is 0.157. The molecule has 0 amide bonds. The quantitative estimate of drug-likeness (QED) is 0.405. The number of carbonyl (C=O) groups is 1. The zero-order chi connectivity index (χ0) is 22.4. The monoisotopic (exact) mass is 425 g/mol. The molecule has 1 aliphatic carbocycles. The van der Waals surface area contributed by atoms with Gasteiger partial charge in [-0.25, -0.2) is 0 Å². The van der Waals surface area contributed by atoms with Crippen LogP contribution in [0.15, 0.2) is 30.3 Å². The van der Waals surface area contributed by atoms with Gasteiger partial charge in [0.05, 0.1) is 19.1 Å². The Hall–Kier alpha value is -2.07. The molecule has 1 N–H and O–H groups in total. The molecule has 2 aromatic rings. The summed E-state index contributed by atoms with van der Waals surface area (Å²) in [6.45, 7) is 12.7. The molecule has 170 valence electrons. The highest BCUT2D eigenvalue weighted by atomic mass is 16.5. The maximum Gasteiger partial charge on any atom is 0.307 e. The van der Waals surface area contributed by atoms with Gasteiger partial charge in [-0.05, 0) is 73.3 Å². The van der Waals surface area contributed by atoms with Gasteiger partial charge in [-0.3, -0.25) is 4.79 Å². The van der Waals surface area contributed by atoms with E-state index in [1.165, 1.54) is 34.7 Å². The number of benzene rings is 2. The number of aryl methyl sites for hydroxylation is 1. The molecule has 4 nitrogen and oxygen atoms in total. The summed E-state index contributed by atoms with van der Waals surface area (Å²) >= 11 is 0. The van der Waals surface area contributed by atoms with Crippen LogP contribution < -0.4 is 10.1 Å². The number of rotatable bonds is 8. The molecular weight excluding hydrogens is 386 g/mol. The van der Waals surface area contributed by atoms with Gasteiger partial charge in [-0.15, -0.1) is 0 Å². The fourth-order valence-corrected chi connectivity index (χ4v) is 4.74. The number of esters is 1. The van der Waals surface area contributed by atoms with Crippen molar-refractivity contribution in [2.45, 2.75) is 79.4 Å². The first-order valence-corrected chi connectivity index (χ1v) is 11.8. The Morgan fingerprint density at radius 3 is 2.42 bits per heavy atom. The zero-order valence-electron chi connectivity index (χ0n) is 19.9. The number of hydrogen-bond donors (Lipinski definition) is 1. The number of nitrogens with one attached hydrogen (secondary N) is 1. The van der Waals surface area contributed by atoms with Crippen LogP contribution in [0.2, 0.25) is 0 Å². The second-order valence-electron chi connectivity index (χ2n) is 9.91. The maximum atomic E-state index is 11.7. The van der Waals surface area contributed by atoms with Gasteiger partial charge in [0.1, 0.15) is 5.75 Å². The van der Waals surface area contributed by atoms with Crippen LogP contribution in [-0.4, -0.2) is 25.2 Å². The highest BCUT2D eigenvalue weighted by Gasteiger charge is 2.30. The SMILES string of the molecule is CCOC(=O)CCNCc1c(O[C@H]2CC[C@H](C(C)(C)C)CC2)cc(C)c2ccccc12. The lowest BCUT2D eigenvalue weighted by Crippen LogP contribution is -2.31. The van der Waals surface area contributed by atoms with Crippen molar-refractivity contribution < 1.29 is 14.3 Å². The van der Waals surface area contributed by atoms with Crippen LogP contribution in [0.25, 0.3) is 10.8 Å². The highest BCUT2D eigenvalue weighted by molar-refractivity contribution is 5.90. The second-order valence-corrected chi connectivity index (χ2v) is 9.91. The summed E-state index contributed by atoms with van der Waals surface area (Å²) in [4.78, 5) is 11.7. The van der Waals surface area contributed by atoms with Gasteiger partial charge in [0.25, 0.3) is 0 Å². The Bertz CT molecular complexity index is 876. The third kappa shape index (κ3) is 6.22. The number of fused-ring (bicyclic) bond motifs is 1. The van der Waals surface area contributed by atoms with Gasteiger partial charge in [0, 0.05) is 18.7 Å². The first kappa shape index (κ1) is 23.6. The summed E-state index contributed by atoms with van der Waals surface area (Å²) in [5, 5.41) is 5.91. The molecule has 31 heavy (non-hydrogen) atoms. The number of ether oxygens (including phenoxy) is 2. The first-order valence-electron chi connectivity index (χ1n) is 11.8. The highest BCUT2D eigenvalue weighted by Crippen LogP contribution is 2.40. The van der Waals surface area contributed by atoms with Crippen molar-refractivity contribution in [3.8, 4) is 5.75 Å². The van der Waals surface area contributed by atoms with Crippen molar-refractivity contribution in [3.63, 3.8) is 0 Å². The molecule has 0 heterocycles. The Kier molecular flexibility index (Phi) is 7.99. The second kappa shape index (κ2) is 10.5. The van der Waals surface area contributed by atoms with Crippen molar-refractivity contribution >= 4 is 16.7 Å². The normalized spacial score (nSPS) is 19.4. The molecule has 0 aromatic heterocycles. The average Bonchev–Trinajstić information content (AvgIpc) is 2.73. The van der Waals surface area contributed by atoms with E-state index in [1.807, 2.05) is 6.92 Å². The summed E-state index contributed by atoms with van der Waals surface area (Å²) in [5.74, 6) is 1.60. The molecule has 1 saturated carbocycles. The van der Waals surface area contributed by atoms with E-state index >= 15 is 0 Å². The Morgan fingerprint density at radius 1 is 1.10 bits per heavy atom. The molecule has 1 aliphatic rings. The topological polar surface area (TPSA) is 47.6 Å². The minimum atomic E-state index is -0.157. The third-order valence-electron chi connectivity index (χ3n) is 6.63. The van der Waals surface area contributed by atoms with Crippen LogP contribution in [0, 0.1) is 18.3 Å². The molecule has 0 saturated heterocycles. The fourth-order valence-electron chi connectivity index (χ4n) is 4.74. The summed E-state index contributed by atoms with van der Waals surface area (Å²) in [7, 11) is 0. The number of carbonyl (C=O) groups excluding carboxylic acids is 1. The minimum Gasteiger partial charge on any atom is -0.490 e. The fraction of sp³-hybridized carbons (Fsp3) is 0.593. The van der Waals surface area contributed by atoms with E-state index in [0.717, 1.165) is 24.5 Å². The Labute approximate surface area is 187 Å². The van der Waals surface area contributed by atoms with Crippen molar-refractivity contribution in [1.82, 2.24) is 5.32 Å². The molecule has 0 radical (unpaired) electrons. The number of hydrogen-bond acceptors (Lipinski definition) is 4. The summed E-state index contributed by atoms with van der Waals surface area (Å²) in [5.41, 5.74) is 2.80. The standard InChI is InChI=1S/C27H39NO3/c1-6-30-26(29)15-16-28-18-24-23-10-8-7-9-22(23)19(2)17-25(24)31-21-13-11-20(12-14-21)27(3,4)5/h7-10,17,20-21,28H,6,11-16,18H2,1-5H3/t20-,21-. The van der Waals surface area contributed by atoms with Gasteiger partial charge >= 0.3 is 5.97 Å². The summed E-state index contributed by atoms with van der Waals surface area (Å²) in [6.07, 6.45) is 5.34. The van der Waals surface area contributed by atoms with Gasteiger partial charge in [0.15, 0.2) is 0 Å². The molecule has 3 rings (SSSR count). The molecule has 0 unspecified atom stereocenters. The molecule has 4 heteroatoms. The van der Waals surface area contributed by atoms with E-state index in [-0.39, 0.29) is 12.1 Å². The maximum absolute atomic E-state index is 11.7. The van der Waals surface area contributed by atoms with Gasteiger partial charge in [-0.2, -0.15) is 0 Å². The summed E-state index contributed by atoms with van der Waals surface area (Å²) in [6, 6.07) is 10.7. The van der Waals surface area contributed by atoms with Gasteiger partial charge < -0.3 is 14.8 Å². The predicted octanol–water partition coefficient (Wildman–Crippen LogP) is 6.17. The predicted molar refractivity (Wildman–Crippen MR) is 127 cm³/mol. The van der Waals surface area contributed by atoms with Crippen molar-refractivity contribution in [3.05, 3.63) is 41.5 Å². The summed E-state index contributed by atoms with van der Waals surface area (Å²) < 4.78 is 11.7. The average molecular weight is 426 g/mol. The molecule has 0 spiro atoms. The van der Waals surface area contributed by atoms with Crippen LogP contribution in [0.4, 0.5) is 0 Å². The van der Waals surface area contributed by atoms with Crippen LogP contribution in [0.1, 0.15) is 70.9 Å². The van der Waals surface area contributed by atoms with Gasteiger partial charge in [-0.1, -0.05) is 45.0 Å². The Morgan fingerprint density at radius 2 is 1.77 bits per heavy atom. The van der Waals surface area contributed by atoms with Gasteiger partial charge in [0.2, 0.25) is 0 Å². The van der Waals surface area contributed by atoms with E-state index in [2.05, 4.69) is 63.3 Å². The van der Waals surface area contributed by atoms with Crippen LogP contribution in [0.3, 0.4) is 0 Å². The Balaban J connectivity index is 1.74. The van der Waals surface area contributed by atoms with Crippen molar-refractivity contribution in [2.75, 3.05) is 13.2 Å². The molecule has 0 aliphatic heterocycles.